The largest absolute Gasteiger partial charge is 0.465 e. The summed E-state index contributed by atoms with van der Waals surface area (Å²) in [5.74, 6) is -0.656. The zero-order valence-electron chi connectivity index (χ0n) is 14.0. The minimum atomic E-state index is -0.525. The van der Waals surface area contributed by atoms with Crippen LogP contribution in [0.25, 0.3) is 0 Å². The lowest BCUT2D eigenvalue weighted by atomic mass is 9.97. The van der Waals surface area contributed by atoms with Crippen molar-refractivity contribution in [3.63, 3.8) is 0 Å². The molecule has 6 heteroatoms. The third-order valence-electron chi connectivity index (χ3n) is 4.34. The Bertz CT molecular complexity index is 766. The Hall–Kier alpha value is -2.60. The van der Waals surface area contributed by atoms with Gasteiger partial charge >= 0.3 is 5.97 Å². The van der Waals surface area contributed by atoms with Crippen LogP contribution in [0.3, 0.4) is 0 Å². The number of carbonyl (C=O) groups excluding carboxylic acids is 2. The summed E-state index contributed by atoms with van der Waals surface area (Å²) in [7, 11) is 5.30. The summed E-state index contributed by atoms with van der Waals surface area (Å²) in [6.45, 7) is 0.567. The van der Waals surface area contributed by atoms with Gasteiger partial charge in [0.05, 0.1) is 12.7 Å². The molecule has 1 aromatic heterocycles. The van der Waals surface area contributed by atoms with Crippen LogP contribution in [0.2, 0.25) is 0 Å². The summed E-state index contributed by atoms with van der Waals surface area (Å²) in [6, 6.07) is 9.50. The topological polar surface area (TPSA) is 63.0 Å². The van der Waals surface area contributed by atoms with Crippen molar-refractivity contribution in [2.75, 3.05) is 32.6 Å². The van der Waals surface area contributed by atoms with Crippen molar-refractivity contribution in [1.82, 2.24) is 4.90 Å². The third kappa shape index (κ3) is 2.92. The molecule has 2 heterocycles. The van der Waals surface area contributed by atoms with Gasteiger partial charge in [0.15, 0.2) is 5.76 Å². The van der Waals surface area contributed by atoms with E-state index in [9.17, 15) is 9.59 Å². The van der Waals surface area contributed by atoms with Gasteiger partial charge in [0.1, 0.15) is 6.26 Å². The predicted octanol–water partition coefficient (Wildman–Crippen LogP) is 2.20. The molecule has 2 aromatic rings. The maximum Gasteiger partial charge on any atom is 0.341 e. The number of para-hydroxylation sites is 1. The number of carbonyl (C=O) groups is 2. The fourth-order valence-corrected chi connectivity index (χ4v) is 2.92. The highest BCUT2D eigenvalue weighted by molar-refractivity contribution is 6.06. The van der Waals surface area contributed by atoms with Gasteiger partial charge in [-0.3, -0.25) is 4.79 Å². The average molecular weight is 328 g/mol. The molecule has 1 aliphatic rings. The number of ether oxygens (including phenoxy) is 1. The molecule has 1 atom stereocenters. The number of rotatable bonds is 3. The molecule has 0 spiro atoms. The number of nitrogens with zero attached hydrogens (tertiary/aromatic N) is 2. The molecular weight excluding hydrogens is 308 g/mol. The Labute approximate surface area is 140 Å². The lowest BCUT2D eigenvalue weighted by Crippen LogP contribution is -2.48. The van der Waals surface area contributed by atoms with E-state index in [1.165, 1.54) is 19.4 Å². The standard InChI is InChI=1S/C18H20N2O4/c1-19(2)14-8-12-6-4-5-7-15(12)20(10-14)17(21)16-9-13(11-24-16)18(22)23-3/h4-7,9,11,14H,8,10H2,1-3H3/t14-/m1/s1. The van der Waals surface area contributed by atoms with Gasteiger partial charge in [-0.15, -0.1) is 0 Å². The number of fused-ring (bicyclic) bond motifs is 1. The van der Waals surface area contributed by atoms with Gasteiger partial charge in [-0.1, -0.05) is 18.2 Å². The van der Waals surface area contributed by atoms with Gasteiger partial charge < -0.3 is 19.0 Å². The van der Waals surface area contributed by atoms with Gasteiger partial charge in [-0.25, -0.2) is 4.79 Å². The van der Waals surface area contributed by atoms with Crippen LogP contribution in [0, 0.1) is 0 Å². The lowest BCUT2D eigenvalue weighted by molar-refractivity contribution is 0.0600. The molecular formula is C18H20N2O4. The molecule has 0 saturated heterocycles. The summed E-state index contributed by atoms with van der Waals surface area (Å²) in [6.07, 6.45) is 2.14. The maximum absolute atomic E-state index is 12.9. The van der Waals surface area contributed by atoms with Crippen molar-refractivity contribution in [2.45, 2.75) is 12.5 Å². The maximum atomic E-state index is 12.9. The number of furan rings is 1. The van der Waals surface area contributed by atoms with E-state index in [4.69, 9.17) is 4.42 Å². The van der Waals surface area contributed by atoms with Crippen LogP contribution in [0.15, 0.2) is 41.0 Å². The minimum absolute atomic E-state index is 0.129. The molecule has 6 nitrogen and oxygen atoms in total. The van der Waals surface area contributed by atoms with Crippen LogP contribution in [-0.4, -0.2) is 50.6 Å². The van der Waals surface area contributed by atoms with Gasteiger partial charge in [-0.05, 0) is 32.1 Å². The molecule has 24 heavy (non-hydrogen) atoms. The first-order chi connectivity index (χ1) is 11.5. The first-order valence-electron chi connectivity index (χ1n) is 7.74. The highest BCUT2D eigenvalue weighted by atomic mass is 16.5. The van der Waals surface area contributed by atoms with Crippen LogP contribution in [0.4, 0.5) is 5.69 Å². The normalized spacial score (nSPS) is 16.8. The SMILES string of the molecule is COC(=O)c1coc(C(=O)N2C[C@H](N(C)C)Cc3ccccc32)c1. The Morgan fingerprint density at radius 1 is 1.29 bits per heavy atom. The van der Waals surface area contributed by atoms with Crippen LogP contribution in [-0.2, 0) is 11.2 Å². The average Bonchev–Trinajstić information content (AvgIpc) is 3.09. The van der Waals surface area contributed by atoms with E-state index in [0.29, 0.717) is 6.54 Å². The molecule has 0 N–H and O–H groups in total. The molecule has 0 radical (unpaired) electrons. The van der Waals surface area contributed by atoms with Crippen molar-refractivity contribution >= 4 is 17.6 Å². The summed E-state index contributed by atoms with van der Waals surface area (Å²) in [4.78, 5) is 28.3. The Balaban J connectivity index is 1.93. The zero-order valence-corrected chi connectivity index (χ0v) is 14.0. The number of likely N-dealkylation sites (N-methyl/N-ethyl adjacent to an activating group) is 1. The molecule has 1 amide bonds. The van der Waals surface area contributed by atoms with Gasteiger partial charge in [0.2, 0.25) is 0 Å². The predicted molar refractivity (Wildman–Crippen MR) is 89.3 cm³/mol. The second-order valence-electron chi connectivity index (χ2n) is 6.06. The molecule has 126 valence electrons. The van der Waals surface area contributed by atoms with E-state index >= 15 is 0 Å². The fraction of sp³-hybridized carbons (Fsp3) is 0.333. The molecule has 0 saturated carbocycles. The van der Waals surface area contributed by atoms with Crippen LogP contribution in [0.1, 0.15) is 26.5 Å². The Morgan fingerprint density at radius 3 is 2.75 bits per heavy atom. The number of benzene rings is 1. The number of amides is 1. The molecule has 0 fully saturated rings. The smallest absolute Gasteiger partial charge is 0.341 e. The minimum Gasteiger partial charge on any atom is -0.465 e. The molecule has 1 aliphatic heterocycles. The van der Waals surface area contributed by atoms with Crippen LogP contribution in [0.5, 0.6) is 0 Å². The number of methoxy groups -OCH3 is 1. The van der Waals surface area contributed by atoms with Gasteiger partial charge in [-0.2, -0.15) is 0 Å². The number of hydrogen-bond donors (Lipinski definition) is 0. The first-order valence-corrected chi connectivity index (χ1v) is 7.74. The first kappa shape index (κ1) is 16.3. The van der Waals surface area contributed by atoms with Gasteiger partial charge in [0.25, 0.3) is 5.91 Å². The Kier molecular flexibility index (Phi) is 4.40. The number of esters is 1. The van der Waals surface area contributed by atoms with E-state index in [2.05, 4.69) is 9.64 Å². The second kappa shape index (κ2) is 6.49. The number of anilines is 1. The van der Waals surface area contributed by atoms with Crippen molar-refractivity contribution in [3.05, 3.63) is 53.5 Å². The summed E-state index contributed by atoms with van der Waals surface area (Å²) in [5, 5.41) is 0. The lowest BCUT2D eigenvalue weighted by Gasteiger charge is -2.37. The van der Waals surface area contributed by atoms with Gasteiger partial charge in [0, 0.05) is 24.3 Å². The number of hydrogen-bond acceptors (Lipinski definition) is 5. The van der Waals surface area contributed by atoms with Crippen molar-refractivity contribution in [1.29, 1.82) is 0 Å². The summed E-state index contributed by atoms with van der Waals surface area (Å²) in [5.41, 5.74) is 2.24. The molecule has 0 unspecified atom stereocenters. The molecule has 3 rings (SSSR count). The third-order valence-corrected chi connectivity index (χ3v) is 4.34. The molecule has 0 bridgehead atoms. The highest BCUT2D eigenvalue weighted by Gasteiger charge is 2.31. The summed E-state index contributed by atoms with van der Waals surface area (Å²) >= 11 is 0. The quantitative estimate of drug-likeness (QED) is 0.808. The van der Waals surface area contributed by atoms with E-state index in [1.54, 1.807) is 4.90 Å². The van der Waals surface area contributed by atoms with Crippen molar-refractivity contribution in [3.8, 4) is 0 Å². The highest BCUT2D eigenvalue weighted by Crippen LogP contribution is 2.30. The fourth-order valence-electron chi connectivity index (χ4n) is 2.92. The van der Waals surface area contributed by atoms with E-state index < -0.39 is 5.97 Å². The van der Waals surface area contributed by atoms with E-state index in [1.807, 2.05) is 38.4 Å². The van der Waals surface area contributed by atoms with Crippen LogP contribution >= 0.6 is 0 Å². The van der Waals surface area contributed by atoms with Crippen LogP contribution < -0.4 is 4.90 Å². The van der Waals surface area contributed by atoms with Crippen molar-refractivity contribution < 1.29 is 18.7 Å². The zero-order chi connectivity index (χ0) is 17.3. The summed E-state index contributed by atoms with van der Waals surface area (Å²) < 4.78 is 9.96. The van der Waals surface area contributed by atoms with E-state index in [0.717, 1.165) is 17.7 Å². The monoisotopic (exact) mass is 328 g/mol. The second-order valence-corrected chi connectivity index (χ2v) is 6.06. The van der Waals surface area contributed by atoms with Crippen molar-refractivity contribution in [2.24, 2.45) is 0 Å². The Morgan fingerprint density at radius 2 is 2.04 bits per heavy atom. The molecule has 1 aromatic carbocycles. The molecule has 0 aliphatic carbocycles. The van der Waals surface area contributed by atoms with E-state index in [-0.39, 0.29) is 23.3 Å².